The van der Waals surface area contributed by atoms with Gasteiger partial charge >= 0.3 is 6.61 Å². The van der Waals surface area contributed by atoms with Gasteiger partial charge in [-0.05, 0) is 36.4 Å². The lowest BCUT2D eigenvalue weighted by Gasteiger charge is -2.10. The van der Waals surface area contributed by atoms with Gasteiger partial charge in [0.25, 0.3) is 5.70 Å². The first-order valence-corrected chi connectivity index (χ1v) is 9.56. The number of nitrogens with zero attached hydrogens (tertiary/aromatic N) is 1. The molecule has 0 unspecified atom stereocenters. The number of aliphatic hydroxyl groups excluding tert-OH is 1. The quantitative estimate of drug-likeness (QED) is 0.227. The maximum Gasteiger partial charge on any atom is 0.387 e. The van der Waals surface area contributed by atoms with E-state index in [0.29, 0.717) is 20.6 Å². The number of ether oxygens (including phenoxy) is 1. The molecule has 3 aromatic rings. The molecule has 2 aromatic heterocycles. The van der Waals surface area contributed by atoms with E-state index in [4.69, 9.17) is 23.8 Å². The van der Waals surface area contributed by atoms with Crippen molar-refractivity contribution < 1.29 is 23.2 Å². The van der Waals surface area contributed by atoms with Crippen molar-refractivity contribution >= 4 is 57.3 Å². The lowest BCUT2D eigenvalue weighted by atomic mass is 10.2. The van der Waals surface area contributed by atoms with Crippen molar-refractivity contribution in [2.24, 2.45) is 0 Å². The van der Waals surface area contributed by atoms with Crippen LogP contribution >= 0.6 is 35.2 Å². The molecule has 28 heavy (non-hydrogen) atoms. The molecule has 4 nitrogen and oxygen atoms in total. The average molecular weight is 440 g/mol. The standard InChI is InChI=1S/C19H13ClF2N2O2S2/c20-15-9-8-14(28-15)17(25)16(24-10-2-1-3-11-24)18(27)23-12-4-6-13(7-5-12)26-19(21)22/h1-11,19H,(H-,23,25,27)/p+1. The Bertz CT molecular complexity index is 993. The molecule has 0 saturated heterocycles. The molecule has 0 fully saturated rings. The molecule has 1 aromatic carbocycles. The summed E-state index contributed by atoms with van der Waals surface area (Å²) in [7, 11) is 0. The number of aromatic nitrogens is 1. The highest BCUT2D eigenvalue weighted by atomic mass is 35.5. The Balaban J connectivity index is 1.91. The zero-order chi connectivity index (χ0) is 20.1. The molecular weight excluding hydrogens is 426 g/mol. The third kappa shape index (κ3) is 5.03. The van der Waals surface area contributed by atoms with E-state index in [1.807, 2.05) is 6.07 Å². The number of benzene rings is 1. The van der Waals surface area contributed by atoms with Crippen molar-refractivity contribution in [3.63, 3.8) is 0 Å². The fraction of sp³-hybridized carbons (Fsp3) is 0.0526. The molecule has 144 valence electrons. The topological polar surface area (TPSA) is 45.4 Å². The fourth-order valence-electron chi connectivity index (χ4n) is 2.36. The van der Waals surface area contributed by atoms with Crippen molar-refractivity contribution in [1.29, 1.82) is 0 Å². The highest BCUT2D eigenvalue weighted by Crippen LogP contribution is 2.29. The third-order valence-electron chi connectivity index (χ3n) is 3.56. The predicted molar refractivity (Wildman–Crippen MR) is 111 cm³/mol. The summed E-state index contributed by atoms with van der Waals surface area (Å²) in [6.45, 7) is -2.89. The summed E-state index contributed by atoms with van der Waals surface area (Å²) in [5, 5.41) is 13.8. The summed E-state index contributed by atoms with van der Waals surface area (Å²) in [4.78, 5) is 0.793. The van der Waals surface area contributed by atoms with Crippen LogP contribution in [0.4, 0.5) is 14.5 Å². The summed E-state index contributed by atoms with van der Waals surface area (Å²) < 4.78 is 31.1. The number of rotatable bonds is 6. The minimum absolute atomic E-state index is 0.0377. The normalized spacial score (nSPS) is 11.9. The van der Waals surface area contributed by atoms with Crippen LogP contribution < -0.4 is 14.6 Å². The summed E-state index contributed by atoms with van der Waals surface area (Å²) in [5.41, 5.74) is 0.902. The molecule has 3 rings (SSSR count). The van der Waals surface area contributed by atoms with Gasteiger partial charge in [-0.15, -0.1) is 11.3 Å². The number of halogens is 3. The zero-order valence-electron chi connectivity index (χ0n) is 14.2. The first-order chi connectivity index (χ1) is 13.4. The largest absolute Gasteiger partial charge is 0.501 e. The third-order valence-corrected chi connectivity index (χ3v) is 5.09. The second-order valence-corrected chi connectivity index (χ2v) is 7.56. The van der Waals surface area contributed by atoms with Gasteiger partial charge in [0.15, 0.2) is 17.4 Å². The number of thiocarbonyl (C=S) groups is 1. The molecular formula is C19H14ClF2N2O2S2+. The van der Waals surface area contributed by atoms with Gasteiger partial charge in [0.1, 0.15) is 5.75 Å². The fourth-order valence-corrected chi connectivity index (χ4v) is 3.67. The van der Waals surface area contributed by atoms with E-state index in [0.717, 1.165) is 0 Å². The van der Waals surface area contributed by atoms with Crippen molar-refractivity contribution in [2.45, 2.75) is 6.61 Å². The second kappa shape index (κ2) is 9.09. The number of hydrogen-bond donors (Lipinski definition) is 2. The van der Waals surface area contributed by atoms with Gasteiger partial charge in [0.2, 0.25) is 5.76 Å². The molecule has 2 heterocycles. The lowest BCUT2D eigenvalue weighted by Crippen LogP contribution is -2.38. The first-order valence-electron chi connectivity index (χ1n) is 7.96. The first kappa shape index (κ1) is 20.2. The van der Waals surface area contributed by atoms with Crippen molar-refractivity contribution in [3.8, 4) is 5.75 Å². The Hall–Kier alpha value is -2.55. The number of thiophene rings is 1. The summed E-state index contributed by atoms with van der Waals surface area (Å²) in [6, 6.07) is 14.7. The molecule has 2 N–H and O–H groups in total. The number of nitrogens with one attached hydrogen (secondary N) is 1. The molecule has 0 radical (unpaired) electrons. The van der Waals surface area contributed by atoms with Crippen LogP contribution in [0.25, 0.3) is 11.5 Å². The minimum Gasteiger partial charge on any atom is -0.501 e. The van der Waals surface area contributed by atoms with Crippen LogP contribution in [-0.4, -0.2) is 16.7 Å². The van der Waals surface area contributed by atoms with Gasteiger partial charge in [0.05, 0.1) is 9.21 Å². The van der Waals surface area contributed by atoms with E-state index in [9.17, 15) is 13.9 Å². The summed E-state index contributed by atoms with van der Waals surface area (Å²) in [6.07, 6.45) is 3.49. The minimum atomic E-state index is -2.89. The number of alkyl halides is 2. The van der Waals surface area contributed by atoms with Crippen LogP contribution in [0, 0.1) is 0 Å². The van der Waals surface area contributed by atoms with E-state index in [2.05, 4.69) is 10.1 Å². The molecule has 0 atom stereocenters. The van der Waals surface area contributed by atoms with Crippen LogP contribution in [0.5, 0.6) is 5.75 Å². The number of hydrogen-bond acceptors (Lipinski definition) is 4. The molecule has 0 saturated carbocycles. The highest BCUT2D eigenvalue weighted by molar-refractivity contribution is 7.81. The van der Waals surface area contributed by atoms with Gasteiger partial charge in [0, 0.05) is 17.8 Å². The van der Waals surface area contributed by atoms with Gasteiger partial charge in [-0.25, -0.2) is 0 Å². The molecule has 0 aliphatic carbocycles. The number of anilines is 1. The molecule has 0 aliphatic heterocycles. The average Bonchev–Trinajstić information content (AvgIpc) is 3.10. The Morgan fingerprint density at radius 1 is 1.11 bits per heavy atom. The highest BCUT2D eigenvalue weighted by Gasteiger charge is 2.24. The summed E-state index contributed by atoms with van der Waals surface area (Å²) in [5.74, 6) is -0.000929. The smallest absolute Gasteiger partial charge is 0.387 e. The summed E-state index contributed by atoms with van der Waals surface area (Å²) >= 11 is 12.7. The van der Waals surface area contributed by atoms with Crippen LogP contribution in [0.1, 0.15) is 4.88 Å². The van der Waals surface area contributed by atoms with Crippen molar-refractivity contribution in [3.05, 3.63) is 76.2 Å². The maximum atomic E-state index is 12.3. The Labute approximate surface area is 174 Å². The molecule has 0 aliphatic rings. The molecule has 9 heteroatoms. The Morgan fingerprint density at radius 3 is 2.36 bits per heavy atom. The predicted octanol–water partition coefficient (Wildman–Crippen LogP) is 5.61. The van der Waals surface area contributed by atoms with E-state index < -0.39 is 6.61 Å². The Morgan fingerprint density at radius 2 is 1.79 bits per heavy atom. The van der Waals surface area contributed by atoms with E-state index in [1.165, 1.54) is 23.5 Å². The van der Waals surface area contributed by atoms with Crippen LogP contribution in [0.3, 0.4) is 0 Å². The van der Waals surface area contributed by atoms with E-state index in [1.54, 1.807) is 53.4 Å². The van der Waals surface area contributed by atoms with E-state index in [-0.39, 0.29) is 16.5 Å². The SMILES string of the molecule is OC(=C(C(=S)Nc1ccc(OC(F)F)cc1)[n+]1ccccc1)c1ccc(Cl)s1. The molecule has 0 bridgehead atoms. The van der Waals surface area contributed by atoms with Gasteiger partial charge in [-0.1, -0.05) is 29.9 Å². The van der Waals surface area contributed by atoms with Crippen LogP contribution in [0.2, 0.25) is 4.34 Å². The monoisotopic (exact) mass is 439 g/mol. The molecule has 0 amide bonds. The van der Waals surface area contributed by atoms with Crippen molar-refractivity contribution in [2.75, 3.05) is 5.32 Å². The van der Waals surface area contributed by atoms with E-state index >= 15 is 0 Å². The zero-order valence-corrected chi connectivity index (χ0v) is 16.6. The van der Waals surface area contributed by atoms with Gasteiger partial charge in [-0.2, -0.15) is 13.3 Å². The molecule has 0 spiro atoms. The second-order valence-electron chi connectivity index (χ2n) is 5.44. The number of aliphatic hydroxyl groups is 1. The number of pyridine rings is 1. The van der Waals surface area contributed by atoms with Gasteiger partial charge < -0.3 is 15.2 Å². The van der Waals surface area contributed by atoms with Crippen LogP contribution in [-0.2, 0) is 0 Å². The van der Waals surface area contributed by atoms with Gasteiger partial charge in [-0.3, -0.25) is 0 Å². The van der Waals surface area contributed by atoms with Crippen molar-refractivity contribution in [1.82, 2.24) is 0 Å². The van der Waals surface area contributed by atoms with Crippen LogP contribution in [0.15, 0.2) is 67.0 Å². The lowest BCUT2D eigenvalue weighted by molar-refractivity contribution is -0.575. The Kier molecular flexibility index (Phi) is 6.56. The maximum absolute atomic E-state index is 12.3.